The van der Waals surface area contributed by atoms with E-state index in [0.29, 0.717) is 12.6 Å². The quantitative estimate of drug-likeness (QED) is 0.268. The van der Waals surface area contributed by atoms with Gasteiger partial charge in [0.15, 0.2) is 5.96 Å². The predicted octanol–water partition coefficient (Wildman–Crippen LogP) is 2.95. The van der Waals surface area contributed by atoms with Crippen molar-refractivity contribution >= 4 is 57.2 Å². The Hall–Kier alpha value is -1.56. The van der Waals surface area contributed by atoms with Crippen LogP contribution in [0.3, 0.4) is 0 Å². The van der Waals surface area contributed by atoms with E-state index in [1.54, 1.807) is 7.05 Å². The maximum Gasteiger partial charge on any atom is 0.215 e. The number of hydrogen-bond donors (Lipinski definition) is 3. The normalized spacial score (nSPS) is 16.7. The first kappa shape index (κ1) is 25.7. The summed E-state index contributed by atoms with van der Waals surface area (Å²) in [5.74, 6) is 0.723. The molecule has 0 saturated carbocycles. The molecule has 0 spiro atoms. The number of sulfonamides is 1. The average molecular weight is 578 g/mol. The minimum absolute atomic E-state index is 0. The number of guanidine groups is 1. The molecule has 2 aromatic rings. The lowest BCUT2D eigenvalue weighted by molar-refractivity contribution is 0.587. The Morgan fingerprint density at radius 1 is 1.19 bits per heavy atom. The number of nitrogens with zero attached hydrogens (tertiary/aromatic N) is 2. The Morgan fingerprint density at radius 2 is 1.90 bits per heavy atom. The number of halogens is 2. The van der Waals surface area contributed by atoms with Crippen LogP contribution in [0.2, 0.25) is 5.02 Å². The molecule has 0 bridgehead atoms. The molecule has 1 aliphatic rings. The van der Waals surface area contributed by atoms with Crippen molar-refractivity contribution in [3.63, 3.8) is 0 Å². The fourth-order valence-electron chi connectivity index (χ4n) is 3.40. The second-order valence-electron chi connectivity index (χ2n) is 7.26. The van der Waals surface area contributed by atoms with Gasteiger partial charge in [-0.05, 0) is 42.8 Å². The Morgan fingerprint density at radius 3 is 2.55 bits per heavy atom. The maximum absolute atomic E-state index is 11.6. The molecule has 3 N–H and O–H groups in total. The second-order valence-corrected chi connectivity index (χ2v) is 9.62. The highest BCUT2D eigenvalue weighted by Crippen LogP contribution is 2.23. The molecule has 1 atom stereocenters. The summed E-state index contributed by atoms with van der Waals surface area (Å²) in [5.41, 5.74) is 2.94. The molecular formula is C21H29ClIN5O2S. The van der Waals surface area contributed by atoms with Gasteiger partial charge in [0.05, 0.1) is 5.75 Å². The summed E-state index contributed by atoms with van der Waals surface area (Å²) in [5, 5.41) is 7.55. The van der Waals surface area contributed by atoms with Crippen molar-refractivity contribution in [3.8, 4) is 0 Å². The minimum Gasteiger partial charge on any atom is -0.369 e. The Labute approximate surface area is 206 Å². The zero-order valence-electron chi connectivity index (χ0n) is 17.6. The van der Waals surface area contributed by atoms with Crippen LogP contribution in [0.15, 0.2) is 53.5 Å². The molecule has 0 aliphatic carbocycles. The molecule has 1 saturated heterocycles. The van der Waals surface area contributed by atoms with Crippen LogP contribution < -0.4 is 20.3 Å². The second kappa shape index (κ2) is 11.9. The fraction of sp³-hybridized carbons (Fsp3) is 0.381. The molecule has 1 fully saturated rings. The highest BCUT2D eigenvalue weighted by Gasteiger charge is 2.23. The summed E-state index contributed by atoms with van der Waals surface area (Å²) in [6.45, 7) is 2.45. The third kappa shape index (κ3) is 7.81. The van der Waals surface area contributed by atoms with E-state index in [4.69, 9.17) is 11.6 Å². The van der Waals surface area contributed by atoms with Crippen LogP contribution in [-0.2, 0) is 22.3 Å². The van der Waals surface area contributed by atoms with Crippen LogP contribution in [0.4, 0.5) is 5.69 Å². The van der Waals surface area contributed by atoms with Crippen molar-refractivity contribution < 1.29 is 8.42 Å². The van der Waals surface area contributed by atoms with E-state index in [2.05, 4.69) is 31.3 Å². The fourth-order valence-corrected chi connectivity index (χ4v) is 4.36. The van der Waals surface area contributed by atoms with Crippen LogP contribution in [0.5, 0.6) is 0 Å². The van der Waals surface area contributed by atoms with Crippen LogP contribution in [0, 0.1) is 0 Å². The van der Waals surface area contributed by atoms with E-state index in [0.717, 1.165) is 47.3 Å². The van der Waals surface area contributed by atoms with Crippen molar-refractivity contribution in [1.29, 1.82) is 0 Å². The Bertz CT molecular complexity index is 986. The standard InChI is InChI=1S/C21H28ClN5O2S.HI/c1-23-21(25-13-16-6-8-17(9-7-16)15-30(28,29)24-2)26-19-10-11-27(14-19)20-5-3-4-18(22)12-20;/h3-9,12,19,24H,10-11,13-15H2,1-2H3,(H2,23,25,26);1H. The van der Waals surface area contributed by atoms with Gasteiger partial charge >= 0.3 is 0 Å². The van der Waals surface area contributed by atoms with Gasteiger partial charge < -0.3 is 15.5 Å². The van der Waals surface area contributed by atoms with Gasteiger partial charge in [0.1, 0.15) is 0 Å². The summed E-state index contributed by atoms with van der Waals surface area (Å²) in [6.07, 6.45) is 1.02. The molecule has 0 amide bonds. The molecule has 3 rings (SSSR count). The molecule has 1 unspecified atom stereocenters. The van der Waals surface area contributed by atoms with E-state index in [-0.39, 0.29) is 29.7 Å². The van der Waals surface area contributed by atoms with E-state index in [1.165, 1.54) is 7.05 Å². The van der Waals surface area contributed by atoms with Crippen LogP contribution in [0.25, 0.3) is 0 Å². The third-order valence-corrected chi connectivity index (χ3v) is 6.65. The smallest absolute Gasteiger partial charge is 0.215 e. The number of rotatable bonds is 7. The van der Waals surface area contributed by atoms with Crippen LogP contribution in [0.1, 0.15) is 17.5 Å². The van der Waals surface area contributed by atoms with Crippen molar-refractivity contribution in [2.75, 3.05) is 32.1 Å². The van der Waals surface area contributed by atoms with Gasteiger partial charge in [-0.1, -0.05) is 41.9 Å². The SMILES string of the molecule is CN=C(NCc1ccc(CS(=O)(=O)NC)cc1)NC1CCN(c2cccc(Cl)c2)C1.I. The molecule has 10 heteroatoms. The van der Waals surface area contributed by atoms with Gasteiger partial charge in [-0.2, -0.15) is 0 Å². The highest BCUT2D eigenvalue weighted by molar-refractivity contribution is 14.0. The average Bonchev–Trinajstić information content (AvgIpc) is 3.20. The highest BCUT2D eigenvalue weighted by atomic mass is 127. The summed E-state index contributed by atoms with van der Waals surface area (Å²) in [6, 6.07) is 15.7. The number of hydrogen-bond acceptors (Lipinski definition) is 4. The molecule has 31 heavy (non-hydrogen) atoms. The first-order valence-electron chi connectivity index (χ1n) is 9.85. The maximum atomic E-state index is 11.6. The van der Waals surface area contributed by atoms with E-state index < -0.39 is 10.0 Å². The van der Waals surface area contributed by atoms with Gasteiger partial charge in [-0.15, -0.1) is 24.0 Å². The zero-order valence-corrected chi connectivity index (χ0v) is 21.5. The lowest BCUT2D eigenvalue weighted by Crippen LogP contribution is -2.44. The topological polar surface area (TPSA) is 85.8 Å². The Balaban J connectivity index is 0.00000341. The van der Waals surface area contributed by atoms with Crippen molar-refractivity contribution in [2.45, 2.75) is 24.8 Å². The summed E-state index contributed by atoms with van der Waals surface area (Å²) in [7, 11) is -0.0855. The zero-order chi connectivity index (χ0) is 21.6. The molecule has 7 nitrogen and oxygen atoms in total. The lowest BCUT2D eigenvalue weighted by atomic mass is 10.1. The van der Waals surface area contributed by atoms with Crippen molar-refractivity contribution in [2.24, 2.45) is 4.99 Å². The Kier molecular flexibility index (Phi) is 9.86. The number of benzene rings is 2. The predicted molar refractivity (Wildman–Crippen MR) is 139 cm³/mol. The molecule has 1 heterocycles. The number of nitrogens with one attached hydrogen (secondary N) is 3. The molecule has 2 aromatic carbocycles. The van der Waals surface area contributed by atoms with Crippen molar-refractivity contribution in [3.05, 3.63) is 64.7 Å². The minimum atomic E-state index is -3.26. The summed E-state index contributed by atoms with van der Waals surface area (Å²) < 4.78 is 25.6. The first-order valence-corrected chi connectivity index (χ1v) is 11.9. The van der Waals surface area contributed by atoms with E-state index in [9.17, 15) is 8.42 Å². The van der Waals surface area contributed by atoms with Crippen LogP contribution >= 0.6 is 35.6 Å². The third-order valence-electron chi connectivity index (χ3n) is 5.08. The van der Waals surface area contributed by atoms with Gasteiger partial charge in [0.25, 0.3) is 0 Å². The summed E-state index contributed by atoms with van der Waals surface area (Å²) >= 11 is 6.11. The first-order chi connectivity index (χ1) is 14.4. The van der Waals surface area contributed by atoms with Gasteiger partial charge in [0.2, 0.25) is 10.0 Å². The summed E-state index contributed by atoms with van der Waals surface area (Å²) in [4.78, 5) is 6.64. The largest absolute Gasteiger partial charge is 0.369 e. The number of anilines is 1. The molecule has 1 aliphatic heterocycles. The molecule has 0 radical (unpaired) electrons. The van der Waals surface area contributed by atoms with E-state index in [1.807, 2.05) is 42.5 Å². The number of aliphatic imine (C=N–C) groups is 1. The monoisotopic (exact) mass is 577 g/mol. The van der Waals surface area contributed by atoms with Gasteiger partial charge in [-0.3, -0.25) is 4.99 Å². The molecular weight excluding hydrogens is 549 g/mol. The van der Waals surface area contributed by atoms with Crippen molar-refractivity contribution in [1.82, 2.24) is 15.4 Å². The van der Waals surface area contributed by atoms with Gasteiger partial charge in [-0.25, -0.2) is 13.1 Å². The molecule has 170 valence electrons. The van der Waals surface area contributed by atoms with Crippen LogP contribution in [-0.4, -0.2) is 47.6 Å². The lowest BCUT2D eigenvalue weighted by Gasteiger charge is -2.20. The van der Waals surface area contributed by atoms with E-state index >= 15 is 0 Å². The molecule has 0 aromatic heterocycles. The van der Waals surface area contributed by atoms with Gasteiger partial charge in [0, 0.05) is 43.4 Å².